The van der Waals surface area contributed by atoms with Gasteiger partial charge in [-0.15, -0.1) is 0 Å². The Hall–Kier alpha value is -0.610. The molecule has 2 aliphatic heterocycles. The average Bonchev–Trinajstić information content (AvgIpc) is 2.74. The van der Waals surface area contributed by atoms with Crippen LogP contribution in [0.1, 0.15) is 24.5 Å². The van der Waals surface area contributed by atoms with Crippen LogP contribution >= 0.6 is 11.6 Å². The van der Waals surface area contributed by atoms with Crippen molar-refractivity contribution < 1.29 is 9.47 Å². The Morgan fingerprint density at radius 2 is 2.12 bits per heavy atom. The van der Waals surface area contributed by atoms with Crippen molar-refractivity contribution in [2.45, 2.75) is 24.7 Å². The molecule has 0 radical (unpaired) electrons. The lowest BCUT2D eigenvalue weighted by atomic mass is 10.1. The van der Waals surface area contributed by atoms with Gasteiger partial charge in [0.25, 0.3) is 0 Å². The van der Waals surface area contributed by atoms with Crippen molar-refractivity contribution in [3.8, 4) is 0 Å². The first kappa shape index (κ1) is 11.5. The molecule has 92 valence electrons. The van der Waals surface area contributed by atoms with E-state index in [9.17, 15) is 0 Å². The molecular formula is C13H16ClNO2. The van der Waals surface area contributed by atoms with E-state index in [1.54, 1.807) is 0 Å². The standard InChI is InChI=1S/C13H16ClNO2/c14-11-3-1-2-10(8-11)12-9-16-13(17-12)4-6-15-7-5-13/h1-3,8,12,15H,4-7,9H2. The SMILES string of the molecule is Clc1cccc(C2COC3(CCNCC3)O2)c1. The highest BCUT2D eigenvalue weighted by Gasteiger charge is 2.42. The summed E-state index contributed by atoms with van der Waals surface area (Å²) in [5.74, 6) is -0.363. The molecule has 0 aliphatic carbocycles. The minimum Gasteiger partial charge on any atom is -0.347 e. The molecule has 17 heavy (non-hydrogen) atoms. The van der Waals surface area contributed by atoms with Crippen LogP contribution in [0.2, 0.25) is 5.02 Å². The van der Waals surface area contributed by atoms with Crippen molar-refractivity contribution in [1.82, 2.24) is 5.32 Å². The Balaban J connectivity index is 1.75. The van der Waals surface area contributed by atoms with E-state index in [1.165, 1.54) is 0 Å². The van der Waals surface area contributed by atoms with Crippen molar-refractivity contribution in [3.05, 3.63) is 34.9 Å². The maximum atomic E-state index is 6.11. The van der Waals surface area contributed by atoms with E-state index in [0.29, 0.717) is 6.61 Å². The molecule has 0 aromatic heterocycles. The highest BCUT2D eigenvalue weighted by molar-refractivity contribution is 6.30. The highest BCUT2D eigenvalue weighted by atomic mass is 35.5. The summed E-state index contributed by atoms with van der Waals surface area (Å²) in [5, 5.41) is 4.07. The van der Waals surface area contributed by atoms with Crippen LogP contribution in [0.25, 0.3) is 0 Å². The minimum atomic E-state index is -0.363. The van der Waals surface area contributed by atoms with Crippen LogP contribution in [0, 0.1) is 0 Å². The molecule has 1 unspecified atom stereocenters. The molecule has 1 atom stereocenters. The summed E-state index contributed by atoms with van der Waals surface area (Å²) in [6, 6.07) is 7.82. The average molecular weight is 254 g/mol. The molecule has 0 bridgehead atoms. The lowest BCUT2D eigenvalue weighted by Gasteiger charge is -2.32. The number of benzene rings is 1. The first-order valence-corrected chi connectivity index (χ1v) is 6.43. The maximum absolute atomic E-state index is 6.11. The Morgan fingerprint density at radius 3 is 2.88 bits per heavy atom. The number of piperidine rings is 1. The summed E-state index contributed by atoms with van der Waals surface area (Å²) < 4.78 is 12.0. The van der Waals surface area contributed by atoms with Crippen LogP contribution in [0.3, 0.4) is 0 Å². The summed E-state index contributed by atoms with van der Waals surface area (Å²) in [5.41, 5.74) is 1.10. The second-order valence-electron chi connectivity index (χ2n) is 4.63. The van der Waals surface area contributed by atoms with Crippen LogP contribution in [0.5, 0.6) is 0 Å². The van der Waals surface area contributed by atoms with Crippen molar-refractivity contribution in [2.75, 3.05) is 19.7 Å². The van der Waals surface area contributed by atoms with Gasteiger partial charge >= 0.3 is 0 Å². The molecule has 2 heterocycles. The fourth-order valence-electron chi connectivity index (χ4n) is 2.50. The highest BCUT2D eigenvalue weighted by Crippen LogP contribution is 2.38. The second-order valence-corrected chi connectivity index (χ2v) is 5.07. The van der Waals surface area contributed by atoms with E-state index in [1.807, 2.05) is 24.3 Å². The van der Waals surface area contributed by atoms with Crippen LogP contribution in [0.4, 0.5) is 0 Å². The summed E-state index contributed by atoms with van der Waals surface area (Å²) in [7, 11) is 0. The lowest BCUT2D eigenvalue weighted by Crippen LogP contribution is -2.42. The molecule has 0 amide bonds. The van der Waals surface area contributed by atoms with E-state index in [4.69, 9.17) is 21.1 Å². The summed E-state index contributed by atoms with van der Waals surface area (Å²) >= 11 is 5.99. The van der Waals surface area contributed by atoms with Crippen molar-refractivity contribution in [3.63, 3.8) is 0 Å². The van der Waals surface area contributed by atoms with Crippen molar-refractivity contribution >= 4 is 11.6 Å². The van der Waals surface area contributed by atoms with Gasteiger partial charge in [0.2, 0.25) is 0 Å². The Bertz CT molecular complexity index is 404. The van der Waals surface area contributed by atoms with E-state index in [-0.39, 0.29) is 11.9 Å². The van der Waals surface area contributed by atoms with Crippen LogP contribution in [-0.4, -0.2) is 25.5 Å². The zero-order valence-corrected chi connectivity index (χ0v) is 10.4. The molecule has 0 saturated carbocycles. The Morgan fingerprint density at radius 1 is 1.29 bits per heavy atom. The molecule has 1 N–H and O–H groups in total. The smallest absolute Gasteiger partial charge is 0.171 e. The van der Waals surface area contributed by atoms with E-state index >= 15 is 0 Å². The topological polar surface area (TPSA) is 30.5 Å². The first-order valence-electron chi connectivity index (χ1n) is 6.05. The predicted octanol–water partition coefficient (Wildman–Crippen LogP) is 2.51. The van der Waals surface area contributed by atoms with Gasteiger partial charge in [-0.05, 0) is 17.7 Å². The summed E-state index contributed by atoms with van der Waals surface area (Å²) in [4.78, 5) is 0. The molecule has 1 spiro atoms. The van der Waals surface area contributed by atoms with Gasteiger partial charge in [-0.2, -0.15) is 0 Å². The van der Waals surface area contributed by atoms with Gasteiger partial charge in [-0.3, -0.25) is 0 Å². The third kappa shape index (κ3) is 2.33. The number of halogens is 1. The van der Waals surface area contributed by atoms with Gasteiger partial charge in [-0.25, -0.2) is 0 Å². The van der Waals surface area contributed by atoms with E-state index < -0.39 is 0 Å². The molecule has 2 fully saturated rings. The van der Waals surface area contributed by atoms with Crippen molar-refractivity contribution in [1.29, 1.82) is 0 Å². The van der Waals surface area contributed by atoms with E-state index in [0.717, 1.165) is 36.5 Å². The zero-order valence-electron chi connectivity index (χ0n) is 9.62. The van der Waals surface area contributed by atoms with Crippen LogP contribution < -0.4 is 5.32 Å². The first-order chi connectivity index (χ1) is 8.27. The number of ether oxygens (including phenoxy) is 2. The molecule has 3 nitrogen and oxygen atoms in total. The fraction of sp³-hybridized carbons (Fsp3) is 0.538. The monoisotopic (exact) mass is 253 g/mol. The third-order valence-electron chi connectivity index (χ3n) is 3.44. The quantitative estimate of drug-likeness (QED) is 0.834. The van der Waals surface area contributed by atoms with Gasteiger partial charge in [0.15, 0.2) is 5.79 Å². The zero-order chi connectivity index (χ0) is 11.7. The molecule has 2 aliphatic rings. The van der Waals surface area contributed by atoms with Gasteiger partial charge in [0.05, 0.1) is 6.61 Å². The van der Waals surface area contributed by atoms with Gasteiger partial charge < -0.3 is 14.8 Å². The van der Waals surface area contributed by atoms with Crippen LogP contribution in [0.15, 0.2) is 24.3 Å². The second kappa shape index (κ2) is 4.58. The minimum absolute atomic E-state index is 0.0202. The molecule has 2 saturated heterocycles. The third-order valence-corrected chi connectivity index (χ3v) is 3.68. The van der Waals surface area contributed by atoms with Crippen LogP contribution in [-0.2, 0) is 9.47 Å². The molecule has 3 rings (SSSR count). The number of rotatable bonds is 1. The van der Waals surface area contributed by atoms with E-state index in [2.05, 4.69) is 5.32 Å². The van der Waals surface area contributed by atoms with Gasteiger partial charge in [-0.1, -0.05) is 23.7 Å². The molecular weight excluding hydrogens is 238 g/mol. The summed E-state index contributed by atoms with van der Waals surface area (Å²) in [6.07, 6.45) is 1.86. The fourth-order valence-corrected chi connectivity index (χ4v) is 2.69. The normalized spacial score (nSPS) is 27.5. The lowest BCUT2D eigenvalue weighted by molar-refractivity contribution is -0.183. The van der Waals surface area contributed by atoms with Gasteiger partial charge in [0.1, 0.15) is 6.10 Å². The Labute approximate surface area is 106 Å². The number of hydrogen-bond acceptors (Lipinski definition) is 3. The summed E-state index contributed by atoms with van der Waals surface area (Å²) in [6.45, 7) is 2.55. The molecule has 4 heteroatoms. The van der Waals surface area contributed by atoms with Crippen molar-refractivity contribution in [2.24, 2.45) is 0 Å². The largest absolute Gasteiger partial charge is 0.347 e. The number of nitrogens with one attached hydrogen (secondary N) is 1. The Kier molecular flexibility index (Phi) is 3.09. The van der Waals surface area contributed by atoms with Gasteiger partial charge in [0, 0.05) is 31.0 Å². The predicted molar refractivity (Wildman–Crippen MR) is 66.1 cm³/mol. The molecule has 1 aromatic rings. The number of hydrogen-bond donors (Lipinski definition) is 1. The maximum Gasteiger partial charge on any atom is 0.171 e. The molecule has 1 aromatic carbocycles.